The molecule has 0 radical (unpaired) electrons. The van der Waals surface area contributed by atoms with Crippen molar-refractivity contribution in [3.05, 3.63) is 84.4 Å². The fourth-order valence-corrected chi connectivity index (χ4v) is 3.09. The number of amides is 2. The molecule has 6 nitrogen and oxygen atoms in total. The van der Waals surface area contributed by atoms with Crippen molar-refractivity contribution in [3.63, 3.8) is 0 Å². The summed E-state index contributed by atoms with van der Waals surface area (Å²) in [5, 5.41) is 0. The molecule has 0 saturated heterocycles. The molecule has 0 heterocycles. The average molecular weight is 433 g/mol. The first-order chi connectivity index (χ1) is 15.3. The van der Waals surface area contributed by atoms with E-state index in [1.807, 2.05) is 66.7 Å². The van der Waals surface area contributed by atoms with Gasteiger partial charge in [0, 0.05) is 0 Å². The predicted molar refractivity (Wildman–Crippen MR) is 124 cm³/mol. The monoisotopic (exact) mass is 432 g/mol. The average Bonchev–Trinajstić information content (AvgIpc) is 2.80. The molecule has 0 unspecified atom stereocenters. The summed E-state index contributed by atoms with van der Waals surface area (Å²) in [5.41, 5.74) is 7.71. The number of benzene rings is 3. The molecule has 3 aromatic carbocycles. The number of rotatable bonds is 7. The third-order valence-corrected chi connectivity index (χ3v) is 4.73. The zero-order chi connectivity index (χ0) is 23.0. The maximum atomic E-state index is 12.0. The Balaban J connectivity index is 1.41. The Kier molecular flexibility index (Phi) is 7.49. The number of nitrogens with one attached hydrogen (secondary N) is 2. The van der Waals surface area contributed by atoms with Crippen LogP contribution < -0.4 is 20.3 Å². The van der Waals surface area contributed by atoms with Crippen molar-refractivity contribution >= 4 is 11.8 Å². The summed E-state index contributed by atoms with van der Waals surface area (Å²) < 4.78 is 11.1. The molecule has 2 amide bonds. The quantitative estimate of drug-likeness (QED) is 0.547. The van der Waals surface area contributed by atoms with Crippen molar-refractivity contribution in [1.82, 2.24) is 10.9 Å². The van der Waals surface area contributed by atoms with Gasteiger partial charge in [-0.25, -0.2) is 0 Å². The van der Waals surface area contributed by atoms with Crippen molar-refractivity contribution in [2.75, 3.05) is 13.2 Å². The van der Waals surface area contributed by atoms with E-state index in [9.17, 15) is 9.59 Å². The van der Waals surface area contributed by atoms with Crippen LogP contribution in [0.1, 0.15) is 26.3 Å². The molecule has 0 aliphatic heterocycles. The van der Waals surface area contributed by atoms with Gasteiger partial charge in [0.15, 0.2) is 13.2 Å². The molecule has 0 aliphatic rings. The van der Waals surface area contributed by atoms with Crippen molar-refractivity contribution in [2.45, 2.75) is 26.2 Å². The van der Waals surface area contributed by atoms with Gasteiger partial charge in [-0.2, -0.15) is 0 Å². The zero-order valence-electron chi connectivity index (χ0n) is 18.6. The van der Waals surface area contributed by atoms with E-state index in [-0.39, 0.29) is 18.6 Å². The van der Waals surface area contributed by atoms with Gasteiger partial charge in [-0.3, -0.25) is 20.4 Å². The molecular weight excluding hydrogens is 404 g/mol. The summed E-state index contributed by atoms with van der Waals surface area (Å²) in [4.78, 5) is 24.0. The molecule has 0 aliphatic carbocycles. The summed E-state index contributed by atoms with van der Waals surface area (Å²) in [6, 6.07) is 25.0. The van der Waals surface area contributed by atoms with Crippen LogP contribution in [-0.2, 0) is 15.0 Å². The fraction of sp³-hybridized carbons (Fsp3) is 0.231. The van der Waals surface area contributed by atoms with Gasteiger partial charge in [-0.15, -0.1) is 0 Å². The topological polar surface area (TPSA) is 76.7 Å². The normalized spacial score (nSPS) is 10.8. The van der Waals surface area contributed by atoms with Gasteiger partial charge in [0.2, 0.25) is 0 Å². The molecule has 3 aromatic rings. The van der Waals surface area contributed by atoms with E-state index < -0.39 is 11.8 Å². The second-order valence-electron chi connectivity index (χ2n) is 8.31. The lowest BCUT2D eigenvalue weighted by Gasteiger charge is -2.22. The number of hydrogen-bond acceptors (Lipinski definition) is 4. The summed E-state index contributed by atoms with van der Waals surface area (Å²) >= 11 is 0. The van der Waals surface area contributed by atoms with Gasteiger partial charge < -0.3 is 9.47 Å². The first kappa shape index (κ1) is 22.9. The third-order valence-electron chi connectivity index (χ3n) is 4.73. The Hall–Kier alpha value is -3.80. The Morgan fingerprint density at radius 3 is 1.84 bits per heavy atom. The minimum atomic E-state index is -0.472. The van der Waals surface area contributed by atoms with Crippen LogP contribution in [0.2, 0.25) is 0 Å². The highest BCUT2D eigenvalue weighted by Crippen LogP contribution is 2.30. The van der Waals surface area contributed by atoms with E-state index in [4.69, 9.17) is 9.47 Å². The summed E-state index contributed by atoms with van der Waals surface area (Å²) in [6.45, 7) is 5.79. The van der Waals surface area contributed by atoms with Crippen molar-refractivity contribution < 1.29 is 19.1 Å². The molecule has 0 atom stereocenters. The lowest BCUT2D eigenvalue weighted by Crippen LogP contribution is -2.45. The SMILES string of the molecule is CC(C)(C)c1ccccc1OCC(=O)NNC(=O)COc1ccc(-c2ccccc2)cc1. The van der Waals surface area contributed by atoms with Crippen molar-refractivity contribution in [2.24, 2.45) is 0 Å². The van der Waals surface area contributed by atoms with Gasteiger partial charge in [0.25, 0.3) is 11.8 Å². The fourth-order valence-electron chi connectivity index (χ4n) is 3.09. The van der Waals surface area contributed by atoms with Gasteiger partial charge in [-0.05, 0) is 40.3 Å². The van der Waals surface area contributed by atoms with Crippen molar-refractivity contribution in [1.29, 1.82) is 0 Å². The third kappa shape index (κ3) is 6.60. The minimum absolute atomic E-state index is 0.113. The molecule has 6 heteroatoms. The molecule has 0 bridgehead atoms. The minimum Gasteiger partial charge on any atom is -0.484 e. The van der Waals surface area contributed by atoms with Crippen LogP contribution in [0.5, 0.6) is 11.5 Å². The first-order valence-electron chi connectivity index (χ1n) is 10.4. The molecule has 2 N–H and O–H groups in total. The van der Waals surface area contributed by atoms with Crippen LogP contribution in [0.25, 0.3) is 11.1 Å². The molecule has 3 rings (SSSR count). The van der Waals surface area contributed by atoms with Crippen LogP contribution in [0.15, 0.2) is 78.9 Å². The van der Waals surface area contributed by atoms with Gasteiger partial charge >= 0.3 is 0 Å². The number of ether oxygens (including phenoxy) is 2. The Morgan fingerprint density at radius 1 is 0.688 bits per heavy atom. The van der Waals surface area contributed by atoms with Gasteiger partial charge in [-0.1, -0.05) is 81.4 Å². The summed E-state index contributed by atoms with van der Waals surface area (Å²) in [7, 11) is 0. The molecule has 0 saturated carbocycles. The lowest BCUT2D eigenvalue weighted by atomic mass is 9.86. The van der Waals surface area contributed by atoms with E-state index in [2.05, 4.69) is 31.6 Å². The second kappa shape index (κ2) is 10.5. The first-order valence-corrected chi connectivity index (χ1v) is 10.4. The highest BCUT2D eigenvalue weighted by molar-refractivity contribution is 5.83. The predicted octanol–water partition coefficient (Wildman–Crippen LogP) is 4.26. The van der Waals surface area contributed by atoms with E-state index >= 15 is 0 Å². The van der Waals surface area contributed by atoms with Crippen molar-refractivity contribution in [3.8, 4) is 22.6 Å². The highest BCUT2D eigenvalue weighted by Gasteiger charge is 2.19. The summed E-state index contributed by atoms with van der Waals surface area (Å²) in [5.74, 6) is 0.270. The molecule has 32 heavy (non-hydrogen) atoms. The highest BCUT2D eigenvalue weighted by atomic mass is 16.5. The number of carbonyl (C=O) groups is 2. The maximum absolute atomic E-state index is 12.0. The Bertz CT molecular complexity index is 1040. The van der Waals surface area contributed by atoms with Crippen LogP contribution in [-0.4, -0.2) is 25.0 Å². The number of para-hydroxylation sites is 1. The number of hydrogen-bond donors (Lipinski definition) is 2. The van der Waals surface area contributed by atoms with Gasteiger partial charge in [0.1, 0.15) is 11.5 Å². The van der Waals surface area contributed by atoms with E-state index in [0.717, 1.165) is 16.7 Å². The molecule has 166 valence electrons. The summed E-state index contributed by atoms with van der Waals surface area (Å²) in [6.07, 6.45) is 0. The number of hydrazine groups is 1. The van der Waals surface area contributed by atoms with Crippen LogP contribution in [0, 0.1) is 0 Å². The van der Waals surface area contributed by atoms with Crippen LogP contribution in [0.4, 0.5) is 0 Å². The van der Waals surface area contributed by atoms with Crippen LogP contribution >= 0.6 is 0 Å². The van der Waals surface area contributed by atoms with Gasteiger partial charge in [0.05, 0.1) is 0 Å². The maximum Gasteiger partial charge on any atom is 0.276 e. The largest absolute Gasteiger partial charge is 0.484 e. The zero-order valence-corrected chi connectivity index (χ0v) is 18.6. The standard InChI is InChI=1S/C26H28N2O4/c1-26(2,3)22-11-7-8-12-23(22)32-18-25(30)28-27-24(29)17-31-21-15-13-20(14-16-21)19-9-5-4-6-10-19/h4-16H,17-18H2,1-3H3,(H,27,29)(H,28,30). The smallest absolute Gasteiger partial charge is 0.276 e. The van der Waals surface area contributed by atoms with E-state index in [0.29, 0.717) is 11.5 Å². The molecule has 0 aromatic heterocycles. The second-order valence-corrected chi connectivity index (χ2v) is 8.31. The van der Waals surface area contributed by atoms with E-state index in [1.165, 1.54) is 0 Å². The lowest BCUT2D eigenvalue weighted by molar-refractivity contribution is -0.131. The van der Waals surface area contributed by atoms with Crippen LogP contribution in [0.3, 0.4) is 0 Å². The Labute approximate surface area is 188 Å². The molecule has 0 fully saturated rings. The van der Waals surface area contributed by atoms with E-state index in [1.54, 1.807) is 12.1 Å². The Morgan fingerprint density at radius 2 is 1.22 bits per heavy atom. The molecule has 0 spiro atoms. The number of carbonyl (C=O) groups excluding carboxylic acids is 2. The molecular formula is C26H28N2O4.